The normalized spacial score (nSPS) is 10.9. The number of benzene rings is 1. The van der Waals surface area contributed by atoms with Crippen molar-refractivity contribution in [2.24, 2.45) is 0 Å². The molecular formula is C15H18N6O. The highest BCUT2D eigenvalue weighted by atomic mass is 16.5. The van der Waals surface area contributed by atoms with E-state index in [0.717, 1.165) is 34.9 Å². The topological polar surface area (TPSA) is 70.7 Å². The fraction of sp³-hybridized carbons (Fsp3) is 0.333. The number of nitrogens with zero attached hydrogens (tertiary/aromatic N) is 6. The molecule has 0 fully saturated rings. The molecule has 2 aromatic heterocycles. The third-order valence-corrected chi connectivity index (χ3v) is 3.44. The molecule has 7 nitrogen and oxygen atoms in total. The first-order chi connectivity index (χ1) is 10.7. The molecule has 0 saturated heterocycles. The van der Waals surface area contributed by atoms with Gasteiger partial charge in [-0.2, -0.15) is 15.0 Å². The Morgan fingerprint density at radius 3 is 2.73 bits per heavy atom. The van der Waals surface area contributed by atoms with Gasteiger partial charge in [0.15, 0.2) is 0 Å². The maximum atomic E-state index is 5.36. The summed E-state index contributed by atoms with van der Waals surface area (Å²) in [7, 11) is 1.65. The monoisotopic (exact) mass is 298 g/mol. The molecule has 0 unspecified atom stereocenters. The van der Waals surface area contributed by atoms with Crippen molar-refractivity contribution >= 4 is 0 Å². The summed E-state index contributed by atoms with van der Waals surface area (Å²) >= 11 is 0. The molecular weight excluding hydrogens is 280 g/mol. The largest absolute Gasteiger partial charge is 0.496 e. The van der Waals surface area contributed by atoms with Crippen LogP contribution in [0.2, 0.25) is 0 Å². The first-order valence-electron chi connectivity index (χ1n) is 7.15. The number of aryl methyl sites for hydroxylation is 2. The molecule has 3 rings (SSSR count). The average Bonchev–Trinajstić information content (AvgIpc) is 3.15. The average molecular weight is 298 g/mol. The highest BCUT2D eigenvalue weighted by Crippen LogP contribution is 2.27. The fourth-order valence-electron chi connectivity index (χ4n) is 2.26. The molecule has 2 heterocycles. The Labute approximate surface area is 128 Å². The van der Waals surface area contributed by atoms with Gasteiger partial charge in [-0.3, -0.25) is 0 Å². The van der Waals surface area contributed by atoms with E-state index in [1.807, 2.05) is 44.3 Å². The van der Waals surface area contributed by atoms with Crippen molar-refractivity contribution in [1.29, 1.82) is 0 Å². The first kappa shape index (κ1) is 14.2. The van der Waals surface area contributed by atoms with Gasteiger partial charge in [-0.05, 0) is 26.0 Å². The van der Waals surface area contributed by atoms with E-state index in [2.05, 4.69) is 20.5 Å². The molecule has 0 N–H and O–H groups in total. The summed E-state index contributed by atoms with van der Waals surface area (Å²) in [6.45, 7) is 5.27. The van der Waals surface area contributed by atoms with Gasteiger partial charge in [0.05, 0.1) is 32.1 Å². The second kappa shape index (κ2) is 5.97. The number of rotatable bonds is 5. The van der Waals surface area contributed by atoms with E-state index < -0.39 is 0 Å². The van der Waals surface area contributed by atoms with Gasteiger partial charge in [-0.25, -0.2) is 4.68 Å². The van der Waals surface area contributed by atoms with Gasteiger partial charge >= 0.3 is 0 Å². The zero-order valence-corrected chi connectivity index (χ0v) is 12.9. The van der Waals surface area contributed by atoms with Gasteiger partial charge < -0.3 is 4.74 Å². The van der Waals surface area contributed by atoms with Crippen LogP contribution in [0.3, 0.4) is 0 Å². The van der Waals surface area contributed by atoms with Crippen LogP contribution < -0.4 is 4.74 Å². The van der Waals surface area contributed by atoms with Crippen molar-refractivity contribution < 1.29 is 4.74 Å². The molecule has 0 atom stereocenters. The highest BCUT2D eigenvalue weighted by Gasteiger charge is 2.12. The number of ether oxygens (including phenoxy) is 1. The smallest absolute Gasteiger partial charge is 0.128 e. The van der Waals surface area contributed by atoms with E-state index in [9.17, 15) is 0 Å². The lowest BCUT2D eigenvalue weighted by atomic mass is 10.1. The van der Waals surface area contributed by atoms with Crippen LogP contribution in [0.25, 0.3) is 11.3 Å². The predicted molar refractivity (Wildman–Crippen MR) is 81.5 cm³/mol. The quantitative estimate of drug-likeness (QED) is 0.719. The van der Waals surface area contributed by atoms with Gasteiger partial charge in [0, 0.05) is 5.56 Å². The Morgan fingerprint density at radius 2 is 2.00 bits per heavy atom. The summed E-state index contributed by atoms with van der Waals surface area (Å²) in [5, 5.41) is 17.2. The molecule has 0 radical (unpaired) electrons. The van der Waals surface area contributed by atoms with E-state index in [4.69, 9.17) is 4.74 Å². The Balaban J connectivity index is 1.86. The lowest BCUT2D eigenvalue weighted by Crippen LogP contribution is -2.04. The Kier molecular flexibility index (Phi) is 3.86. The minimum Gasteiger partial charge on any atom is -0.496 e. The minimum absolute atomic E-state index is 0.550. The molecule has 0 bridgehead atoms. The third kappa shape index (κ3) is 2.69. The Morgan fingerprint density at radius 1 is 1.18 bits per heavy atom. The minimum atomic E-state index is 0.550. The van der Waals surface area contributed by atoms with Crippen LogP contribution in [-0.2, 0) is 13.1 Å². The number of aromatic nitrogens is 6. The Hall–Kier alpha value is -2.70. The third-order valence-electron chi connectivity index (χ3n) is 3.44. The van der Waals surface area contributed by atoms with Crippen molar-refractivity contribution in [3.05, 3.63) is 41.9 Å². The van der Waals surface area contributed by atoms with E-state index in [0.29, 0.717) is 6.54 Å². The van der Waals surface area contributed by atoms with Crippen LogP contribution in [0.1, 0.15) is 18.3 Å². The SMILES string of the molecule is CCn1nc(C)c(Cn2cc(-c3ccccc3OC)nn2)n1. The summed E-state index contributed by atoms with van der Waals surface area (Å²) in [6, 6.07) is 7.75. The van der Waals surface area contributed by atoms with Gasteiger partial charge in [0.25, 0.3) is 0 Å². The lowest BCUT2D eigenvalue weighted by molar-refractivity contribution is 0.416. The van der Waals surface area contributed by atoms with Crippen molar-refractivity contribution in [2.75, 3.05) is 7.11 Å². The summed E-state index contributed by atoms with van der Waals surface area (Å²) in [4.78, 5) is 1.68. The van der Waals surface area contributed by atoms with Crippen LogP contribution in [0.5, 0.6) is 5.75 Å². The highest BCUT2D eigenvalue weighted by molar-refractivity contribution is 5.65. The molecule has 3 aromatic rings. The summed E-state index contributed by atoms with van der Waals surface area (Å²) < 4.78 is 7.12. The zero-order valence-electron chi connectivity index (χ0n) is 12.9. The van der Waals surface area contributed by atoms with Crippen molar-refractivity contribution in [3.8, 4) is 17.0 Å². The maximum Gasteiger partial charge on any atom is 0.128 e. The molecule has 0 aliphatic rings. The number of hydrogen-bond acceptors (Lipinski definition) is 5. The van der Waals surface area contributed by atoms with Crippen LogP contribution in [0.15, 0.2) is 30.5 Å². The molecule has 0 spiro atoms. The zero-order chi connectivity index (χ0) is 15.5. The van der Waals surface area contributed by atoms with E-state index >= 15 is 0 Å². The van der Waals surface area contributed by atoms with Gasteiger partial charge in [0.1, 0.15) is 17.1 Å². The van der Waals surface area contributed by atoms with E-state index in [-0.39, 0.29) is 0 Å². The van der Waals surface area contributed by atoms with Crippen molar-refractivity contribution in [1.82, 2.24) is 30.0 Å². The molecule has 0 aliphatic carbocycles. The lowest BCUT2D eigenvalue weighted by Gasteiger charge is -2.04. The summed E-state index contributed by atoms with van der Waals surface area (Å²) in [6.07, 6.45) is 1.89. The van der Waals surface area contributed by atoms with E-state index in [1.165, 1.54) is 0 Å². The number of methoxy groups -OCH3 is 1. The molecule has 114 valence electrons. The second-order valence-electron chi connectivity index (χ2n) is 4.92. The van der Waals surface area contributed by atoms with Crippen molar-refractivity contribution in [3.63, 3.8) is 0 Å². The molecule has 0 saturated carbocycles. The number of para-hydroxylation sites is 1. The molecule has 1 aromatic carbocycles. The molecule has 0 aliphatic heterocycles. The number of hydrogen-bond donors (Lipinski definition) is 0. The Bertz CT molecular complexity index is 776. The second-order valence-corrected chi connectivity index (χ2v) is 4.92. The van der Waals surface area contributed by atoms with Crippen LogP contribution >= 0.6 is 0 Å². The molecule has 7 heteroatoms. The summed E-state index contributed by atoms with van der Waals surface area (Å²) in [5.74, 6) is 0.780. The van der Waals surface area contributed by atoms with Gasteiger partial charge in [-0.1, -0.05) is 17.3 Å². The summed E-state index contributed by atoms with van der Waals surface area (Å²) in [5.41, 5.74) is 3.51. The van der Waals surface area contributed by atoms with Crippen molar-refractivity contribution in [2.45, 2.75) is 26.9 Å². The molecule has 0 amide bonds. The molecule has 22 heavy (non-hydrogen) atoms. The van der Waals surface area contributed by atoms with E-state index in [1.54, 1.807) is 16.6 Å². The van der Waals surface area contributed by atoms with Crippen LogP contribution in [0.4, 0.5) is 0 Å². The van der Waals surface area contributed by atoms with Gasteiger partial charge in [0.2, 0.25) is 0 Å². The first-order valence-corrected chi connectivity index (χ1v) is 7.15. The fourth-order valence-corrected chi connectivity index (χ4v) is 2.26. The van der Waals surface area contributed by atoms with Crippen LogP contribution in [-0.4, -0.2) is 37.1 Å². The standard InChI is InChI=1S/C15H18N6O/c1-4-21-17-11(2)13(18-21)9-20-10-14(16-19-20)12-7-5-6-8-15(12)22-3/h5-8,10H,4,9H2,1-3H3. The maximum absolute atomic E-state index is 5.36. The van der Waals surface area contributed by atoms with Gasteiger partial charge in [-0.15, -0.1) is 5.10 Å². The predicted octanol–water partition coefficient (Wildman–Crippen LogP) is 1.92. The van der Waals surface area contributed by atoms with Crippen LogP contribution in [0, 0.1) is 6.92 Å².